The molecule has 0 unspecified atom stereocenters. The molecular weight excluding hydrogens is 589 g/mol. The zero-order chi connectivity index (χ0) is 28.5. The molecule has 0 atom stereocenters. The molecular formula is C34H19MnN9. The molecule has 0 spiro atoms. The molecule has 3 aromatic heterocycles. The number of fused-ring (bicyclic) bond motifs is 20. The maximum atomic E-state index is 9.61. The van der Waals surface area contributed by atoms with E-state index in [0.29, 0.717) is 45.9 Å². The predicted octanol–water partition coefficient (Wildman–Crippen LogP) is 6.93. The van der Waals surface area contributed by atoms with Gasteiger partial charge < -0.3 is 9.97 Å². The van der Waals surface area contributed by atoms with E-state index in [4.69, 9.17) is 29.9 Å². The van der Waals surface area contributed by atoms with E-state index in [1.165, 1.54) is 0 Å². The Balaban J connectivity index is 0.00000289. The summed E-state index contributed by atoms with van der Waals surface area (Å²) in [6.45, 7) is 0. The summed E-state index contributed by atoms with van der Waals surface area (Å²) in [6, 6.07) is 32.1. The number of aromatic amines is 2. The normalized spacial score (nSPS) is 11.5. The van der Waals surface area contributed by atoms with Gasteiger partial charge in [0.25, 0.3) is 0 Å². The molecule has 9 rings (SSSR count). The van der Waals surface area contributed by atoms with Crippen LogP contribution in [-0.4, -0.2) is 39.9 Å². The van der Waals surface area contributed by atoms with Crippen molar-refractivity contribution >= 4 is 44.1 Å². The summed E-state index contributed by atoms with van der Waals surface area (Å²) in [6.07, 6.45) is 0.232. The topological polar surface area (TPSA) is 133 Å². The Morgan fingerprint density at radius 1 is 0.477 bits per heavy atom. The zero-order valence-electron chi connectivity index (χ0n) is 22.9. The molecule has 9 nitrogen and oxygen atoms in total. The van der Waals surface area contributed by atoms with Gasteiger partial charge in [-0.25, -0.2) is 29.9 Å². The van der Waals surface area contributed by atoms with Crippen LogP contribution in [0.15, 0.2) is 91.0 Å². The number of nitriles is 1. The van der Waals surface area contributed by atoms with Gasteiger partial charge in [0, 0.05) is 60.9 Å². The van der Waals surface area contributed by atoms with Crippen molar-refractivity contribution in [3.63, 3.8) is 0 Å². The van der Waals surface area contributed by atoms with Crippen LogP contribution in [0.4, 0.5) is 0 Å². The molecule has 8 bridgehead atoms. The summed E-state index contributed by atoms with van der Waals surface area (Å²) in [5.74, 6) is 2.19. The number of nitrogens with zero attached hydrogens (tertiary/aromatic N) is 7. The van der Waals surface area contributed by atoms with Gasteiger partial charge >= 0.3 is 0 Å². The molecule has 2 aliphatic heterocycles. The Bertz CT molecular complexity index is 2520. The van der Waals surface area contributed by atoms with Crippen molar-refractivity contribution in [2.75, 3.05) is 0 Å². The van der Waals surface area contributed by atoms with Crippen LogP contribution in [-0.2, 0) is 23.5 Å². The third kappa shape index (κ3) is 3.84. The maximum Gasteiger partial charge on any atom is 0.164 e. The minimum atomic E-state index is 0. The van der Waals surface area contributed by atoms with Crippen molar-refractivity contribution in [2.45, 2.75) is 6.42 Å². The number of hydrogen-bond acceptors (Lipinski definition) is 7. The molecule has 44 heavy (non-hydrogen) atoms. The van der Waals surface area contributed by atoms with Crippen LogP contribution in [0.5, 0.6) is 0 Å². The third-order valence-corrected chi connectivity index (χ3v) is 7.94. The van der Waals surface area contributed by atoms with Gasteiger partial charge in [-0.3, -0.25) is 0 Å². The quantitative estimate of drug-likeness (QED) is 0.193. The van der Waals surface area contributed by atoms with Crippen molar-refractivity contribution in [1.82, 2.24) is 39.9 Å². The first-order valence-electron chi connectivity index (χ1n) is 13.8. The second kappa shape index (κ2) is 9.92. The molecule has 5 heterocycles. The molecule has 7 aromatic rings. The fraction of sp³-hybridized carbons (Fsp3) is 0.0294. The predicted molar refractivity (Wildman–Crippen MR) is 165 cm³/mol. The molecule has 1 radical (unpaired) electrons. The van der Waals surface area contributed by atoms with Gasteiger partial charge in [0.1, 0.15) is 22.6 Å². The first-order valence-corrected chi connectivity index (χ1v) is 13.8. The average Bonchev–Trinajstić information content (AvgIpc) is 3.77. The number of aromatic nitrogens is 8. The summed E-state index contributed by atoms with van der Waals surface area (Å²) in [7, 11) is 0. The van der Waals surface area contributed by atoms with Gasteiger partial charge in [-0.1, -0.05) is 91.0 Å². The van der Waals surface area contributed by atoms with E-state index in [-0.39, 0.29) is 23.5 Å². The summed E-state index contributed by atoms with van der Waals surface area (Å²) in [5, 5.41) is 13.2. The average molecular weight is 609 g/mol. The zero-order valence-corrected chi connectivity index (χ0v) is 24.1. The molecule has 0 amide bonds. The fourth-order valence-corrected chi connectivity index (χ4v) is 6.00. The molecule has 2 N–H and O–H groups in total. The number of benzene rings is 4. The van der Waals surface area contributed by atoms with Gasteiger partial charge in [0.15, 0.2) is 23.3 Å². The van der Waals surface area contributed by atoms with Crippen LogP contribution in [0, 0.1) is 11.3 Å². The van der Waals surface area contributed by atoms with Crippen molar-refractivity contribution in [3.8, 4) is 51.6 Å². The number of H-pyrrole nitrogens is 2. The molecule has 10 heteroatoms. The fourth-order valence-electron chi connectivity index (χ4n) is 6.00. The maximum absolute atomic E-state index is 9.61. The molecule has 0 aliphatic carbocycles. The Hall–Kier alpha value is -5.75. The number of nitrogens with one attached hydrogen (secondary N) is 2. The Kier molecular flexibility index (Phi) is 5.84. The molecule has 2 aliphatic rings. The van der Waals surface area contributed by atoms with E-state index < -0.39 is 0 Å². The Morgan fingerprint density at radius 2 is 0.886 bits per heavy atom. The van der Waals surface area contributed by atoms with E-state index in [1.54, 1.807) is 0 Å². The first-order chi connectivity index (χ1) is 21.2. The monoisotopic (exact) mass is 608 g/mol. The van der Waals surface area contributed by atoms with E-state index in [9.17, 15) is 5.26 Å². The molecule has 0 saturated carbocycles. The van der Waals surface area contributed by atoms with Gasteiger partial charge in [0.05, 0.1) is 12.5 Å². The van der Waals surface area contributed by atoms with Gasteiger partial charge in [-0.15, -0.1) is 0 Å². The SMILES string of the molecule is N#CCc1cccc2c3nc4nc(nc5[nH]c(nc6nc(nc([nH]3)c12)-c1ccccc1-6)c1ccccc51)-c1ccccc1-4.[Mn]. The van der Waals surface area contributed by atoms with Crippen LogP contribution in [0.3, 0.4) is 0 Å². The summed E-state index contributed by atoms with van der Waals surface area (Å²) < 4.78 is 0. The van der Waals surface area contributed by atoms with E-state index in [1.807, 2.05) is 91.0 Å². The minimum Gasteiger partial charge on any atom is -0.324 e. The van der Waals surface area contributed by atoms with Crippen LogP contribution in [0.1, 0.15) is 5.56 Å². The Morgan fingerprint density at radius 3 is 1.39 bits per heavy atom. The standard InChI is InChI=1S/C34H19N9.Mn/c35-17-16-18-8-7-15-25-26(18)34-42-32-24-14-6-5-13-23(24)30(40-32)38-28-20-10-2-1-9-19(20)27(36-28)37-29-21-11-3-4-12-22(21)31(39-29)41-33(25)43-34;/h1-15H,16H2,(H2,36,37,38,39,40,41,42,43);. The van der Waals surface area contributed by atoms with Crippen LogP contribution in [0.25, 0.3) is 89.7 Å². The first kappa shape index (κ1) is 25.9. The second-order valence-electron chi connectivity index (χ2n) is 10.4. The van der Waals surface area contributed by atoms with Crippen LogP contribution in [0.2, 0.25) is 0 Å². The summed E-state index contributed by atoms with van der Waals surface area (Å²) in [4.78, 5) is 36.8. The molecule has 0 saturated heterocycles. The molecule has 0 fully saturated rings. The van der Waals surface area contributed by atoms with Crippen molar-refractivity contribution in [2.24, 2.45) is 0 Å². The third-order valence-electron chi connectivity index (χ3n) is 7.94. The van der Waals surface area contributed by atoms with Crippen LogP contribution < -0.4 is 0 Å². The largest absolute Gasteiger partial charge is 0.324 e. The summed E-state index contributed by atoms with van der Waals surface area (Å²) >= 11 is 0. The number of rotatable bonds is 1. The van der Waals surface area contributed by atoms with Crippen molar-refractivity contribution in [1.29, 1.82) is 5.26 Å². The van der Waals surface area contributed by atoms with E-state index in [0.717, 1.165) is 49.4 Å². The molecule has 4 aromatic carbocycles. The summed E-state index contributed by atoms with van der Waals surface area (Å²) in [5.41, 5.74) is 6.88. The minimum absolute atomic E-state index is 0. The number of hydrogen-bond donors (Lipinski definition) is 2. The van der Waals surface area contributed by atoms with Crippen LogP contribution >= 0.6 is 0 Å². The van der Waals surface area contributed by atoms with Gasteiger partial charge in [0.2, 0.25) is 0 Å². The van der Waals surface area contributed by atoms with Crippen molar-refractivity contribution in [3.05, 3.63) is 96.6 Å². The van der Waals surface area contributed by atoms with E-state index in [2.05, 4.69) is 16.0 Å². The van der Waals surface area contributed by atoms with Gasteiger partial charge in [-0.2, -0.15) is 5.26 Å². The van der Waals surface area contributed by atoms with E-state index >= 15 is 0 Å². The second-order valence-corrected chi connectivity index (χ2v) is 10.4. The molecule has 207 valence electrons. The smallest absolute Gasteiger partial charge is 0.164 e. The van der Waals surface area contributed by atoms with Gasteiger partial charge in [-0.05, 0) is 5.56 Å². The Labute approximate surface area is 260 Å². The van der Waals surface area contributed by atoms with Crippen molar-refractivity contribution < 1.29 is 17.1 Å².